The van der Waals surface area contributed by atoms with Crippen LogP contribution in [0.1, 0.15) is 38.5 Å². The fraction of sp³-hybridized carbons (Fsp3) is 1.00. The highest BCUT2D eigenvalue weighted by Crippen LogP contribution is 2.43. The van der Waals surface area contributed by atoms with Gasteiger partial charge < -0.3 is 37.9 Å². The summed E-state index contributed by atoms with van der Waals surface area (Å²) in [5.41, 5.74) is 0. The molecule has 0 amide bonds. The van der Waals surface area contributed by atoms with Gasteiger partial charge in [-0.2, -0.15) is 0 Å². The van der Waals surface area contributed by atoms with Crippen molar-refractivity contribution in [3.63, 3.8) is 0 Å². The highest BCUT2D eigenvalue weighted by Gasteiger charge is 2.48. The molecular weight excluding hydrogens is 392 g/mol. The fourth-order valence-corrected chi connectivity index (χ4v) is 5.52. The lowest BCUT2D eigenvalue weighted by Gasteiger charge is -2.24. The Morgan fingerprint density at radius 1 is 0.567 bits per heavy atom. The summed E-state index contributed by atoms with van der Waals surface area (Å²) in [4.78, 5) is 0. The van der Waals surface area contributed by atoms with Crippen LogP contribution in [0, 0.1) is 11.8 Å². The highest BCUT2D eigenvalue weighted by atomic mass is 16.7. The maximum Gasteiger partial charge on any atom is 0.161 e. The van der Waals surface area contributed by atoms with Gasteiger partial charge in [0.25, 0.3) is 0 Å². The summed E-state index contributed by atoms with van der Waals surface area (Å²) in [6.07, 6.45) is 8.49. The Kier molecular flexibility index (Phi) is 6.02. The van der Waals surface area contributed by atoms with Crippen molar-refractivity contribution in [2.24, 2.45) is 11.8 Å². The molecule has 0 bridgehead atoms. The summed E-state index contributed by atoms with van der Waals surface area (Å²) in [6.45, 7) is 3.41. The van der Waals surface area contributed by atoms with Gasteiger partial charge in [0, 0.05) is 11.8 Å². The topological polar surface area (TPSA) is 80.4 Å². The van der Waals surface area contributed by atoms with Crippen LogP contribution in [-0.4, -0.2) is 88.8 Å². The van der Waals surface area contributed by atoms with Gasteiger partial charge in [-0.1, -0.05) is 0 Å². The predicted octanol–water partition coefficient (Wildman–Crippen LogP) is 1.64. The summed E-state index contributed by atoms with van der Waals surface area (Å²) >= 11 is 0. The van der Waals surface area contributed by atoms with Crippen molar-refractivity contribution in [1.29, 1.82) is 0 Å². The second-order valence-electron chi connectivity index (χ2n) is 9.64. The molecule has 170 valence electrons. The van der Waals surface area contributed by atoms with Crippen LogP contribution in [0.2, 0.25) is 0 Å². The molecule has 2 saturated carbocycles. The van der Waals surface area contributed by atoms with Crippen molar-refractivity contribution >= 4 is 0 Å². The molecule has 0 spiro atoms. The lowest BCUT2D eigenvalue weighted by atomic mass is 9.89. The van der Waals surface area contributed by atoms with Crippen LogP contribution in [0.3, 0.4) is 0 Å². The summed E-state index contributed by atoms with van der Waals surface area (Å²) in [5, 5.41) is 0. The predicted molar refractivity (Wildman–Crippen MR) is 103 cm³/mol. The van der Waals surface area contributed by atoms with Crippen molar-refractivity contribution in [1.82, 2.24) is 0 Å². The van der Waals surface area contributed by atoms with Crippen LogP contribution in [0.15, 0.2) is 0 Å². The molecule has 2 aliphatic carbocycles. The Morgan fingerprint density at radius 2 is 1.07 bits per heavy atom. The van der Waals surface area contributed by atoms with Crippen LogP contribution >= 0.6 is 0 Å². The van der Waals surface area contributed by atoms with E-state index in [1.54, 1.807) is 0 Å². The fourth-order valence-electron chi connectivity index (χ4n) is 5.52. The molecular formula is C22H34O8. The van der Waals surface area contributed by atoms with Crippen molar-refractivity contribution in [3.8, 4) is 0 Å². The molecule has 0 aromatic rings. The maximum absolute atomic E-state index is 6.05. The van der Waals surface area contributed by atoms with Gasteiger partial charge in [-0.25, -0.2) is 0 Å². The van der Waals surface area contributed by atoms with E-state index in [1.807, 2.05) is 0 Å². The molecule has 6 rings (SSSR count). The normalized spacial score (nSPS) is 49.6. The standard InChI is InChI=1S/C22H34O8/c1-3-17-19(29-17)7-13(1)21-25-11-15(27-21)9-23-5-6-24-10-16-12-26-22(28-16)14-2-4-18-20(8-14)30-18/h13-22H,1-12H2. The zero-order valence-corrected chi connectivity index (χ0v) is 17.5. The van der Waals surface area contributed by atoms with Gasteiger partial charge in [-0.05, 0) is 38.5 Å². The van der Waals surface area contributed by atoms with Crippen molar-refractivity contribution in [2.45, 2.75) is 87.7 Å². The van der Waals surface area contributed by atoms with Gasteiger partial charge in [0.1, 0.15) is 12.2 Å². The first-order valence-corrected chi connectivity index (χ1v) is 11.8. The SMILES string of the molecule is C(COCC1COC(C2CCC3OC3C2)O1)OCC1COC(C2CCC3OC3C2)O1. The average molecular weight is 427 g/mol. The largest absolute Gasteiger partial charge is 0.376 e. The van der Waals surface area contributed by atoms with Gasteiger partial charge >= 0.3 is 0 Å². The quantitative estimate of drug-likeness (QED) is 0.407. The number of ether oxygens (including phenoxy) is 8. The maximum atomic E-state index is 6.05. The van der Waals surface area contributed by atoms with Crippen LogP contribution in [0.4, 0.5) is 0 Å². The Bertz CT molecular complexity index is 539. The molecule has 30 heavy (non-hydrogen) atoms. The van der Waals surface area contributed by atoms with E-state index in [4.69, 9.17) is 37.9 Å². The van der Waals surface area contributed by atoms with Crippen LogP contribution < -0.4 is 0 Å². The first kappa shape index (κ1) is 20.3. The minimum Gasteiger partial charge on any atom is -0.376 e. The van der Waals surface area contributed by atoms with Crippen LogP contribution in [-0.2, 0) is 37.9 Å². The van der Waals surface area contributed by atoms with Crippen LogP contribution in [0.5, 0.6) is 0 Å². The molecule has 10 atom stereocenters. The Balaban J connectivity index is 0.807. The number of epoxide rings is 2. The molecule has 4 saturated heterocycles. The summed E-state index contributed by atoms with van der Waals surface area (Å²) in [5.74, 6) is 0.928. The van der Waals surface area contributed by atoms with E-state index < -0.39 is 0 Å². The Morgan fingerprint density at radius 3 is 1.53 bits per heavy atom. The molecule has 0 aromatic heterocycles. The van der Waals surface area contributed by atoms with E-state index >= 15 is 0 Å². The monoisotopic (exact) mass is 426 g/mol. The third kappa shape index (κ3) is 4.71. The summed E-state index contributed by atoms with van der Waals surface area (Å²) in [7, 11) is 0. The summed E-state index contributed by atoms with van der Waals surface area (Å²) in [6, 6.07) is 0. The van der Waals surface area contributed by atoms with Gasteiger partial charge in [0.2, 0.25) is 0 Å². The number of hydrogen-bond acceptors (Lipinski definition) is 8. The molecule has 6 aliphatic rings. The highest BCUT2D eigenvalue weighted by molar-refractivity contribution is 4.94. The molecule has 8 heteroatoms. The zero-order chi connectivity index (χ0) is 19.9. The second kappa shape index (κ2) is 8.90. The van der Waals surface area contributed by atoms with Gasteiger partial charge in [-0.3, -0.25) is 0 Å². The van der Waals surface area contributed by atoms with Gasteiger partial charge in [-0.15, -0.1) is 0 Å². The lowest BCUT2D eigenvalue weighted by molar-refractivity contribution is -0.117. The molecule has 8 nitrogen and oxygen atoms in total. The van der Waals surface area contributed by atoms with E-state index in [0.29, 0.717) is 75.9 Å². The average Bonchev–Trinajstić information content (AvgIpc) is 3.62. The lowest BCUT2D eigenvalue weighted by Crippen LogP contribution is -2.29. The second-order valence-corrected chi connectivity index (χ2v) is 9.64. The third-order valence-corrected chi connectivity index (χ3v) is 7.38. The zero-order valence-electron chi connectivity index (χ0n) is 17.5. The first-order chi connectivity index (χ1) is 14.8. The molecule has 0 aromatic carbocycles. The first-order valence-electron chi connectivity index (χ1n) is 11.8. The van der Waals surface area contributed by atoms with Crippen LogP contribution in [0.25, 0.3) is 0 Å². The number of hydrogen-bond donors (Lipinski definition) is 0. The van der Waals surface area contributed by atoms with Crippen molar-refractivity contribution in [2.75, 3.05) is 39.6 Å². The van der Waals surface area contributed by atoms with E-state index in [-0.39, 0.29) is 24.8 Å². The summed E-state index contributed by atoms with van der Waals surface area (Å²) < 4.78 is 46.5. The van der Waals surface area contributed by atoms with Crippen molar-refractivity contribution in [3.05, 3.63) is 0 Å². The minimum atomic E-state index is -0.0889. The third-order valence-electron chi connectivity index (χ3n) is 7.38. The molecule has 0 radical (unpaired) electrons. The van der Waals surface area contributed by atoms with E-state index in [9.17, 15) is 0 Å². The molecule has 0 N–H and O–H groups in total. The number of fused-ring (bicyclic) bond motifs is 2. The van der Waals surface area contributed by atoms with E-state index in [2.05, 4.69) is 0 Å². The molecule has 4 aliphatic heterocycles. The van der Waals surface area contributed by atoms with Gasteiger partial charge in [0.15, 0.2) is 12.6 Å². The molecule has 6 fully saturated rings. The van der Waals surface area contributed by atoms with E-state index in [0.717, 1.165) is 38.5 Å². The Hall–Kier alpha value is -0.320. The Labute approximate surface area is 177 Å². The van der Waals surface area contributed by atoms with E-state index in [1.165, 1.54) is 0 Å². The number of rotatable bonds is 9. The molecule has 10 unspecified atom stereocenters. The van der Waals surface area contributed by atoms with Gasteiger partial charge in [0.05, 0.1) is 64.1 Å². The van der Waals surface area contributed by atoms with Crippen molar-refractivity contribution < 1.29 is 37.9 Å². The smallest absolute Gasteiger partial charge is 0.161 e. The molecule has 4 heterocycles. The minimum absolute atomic E-state index is 0.0192.